The first-order valence-electron chi connectivity index (χ1n) is 23.7. The lowest BCUT2D eigenvalue weighted by atomic mass is 10.0. The van der Waals surface area contributed by atoms with Gasteiger partial charge in [0, 0.05) is 18.6 Å². The van der Waals surface area contributed by atoms with Crippen molar-refractivity contribution < 1.29 is 71.2 Å². The maximum atomic E-state index is 11.9. The standard InChI is InChI=1S/C46H85NO15/c1-2-3-4-5-6-7-8-9-10-11-12-13-14-15-16-17-46(50)62-43-42-61-41-40-60-39-38-59-37-36-58-35-34-57-33-32-56-31-30-55-29-28-54-27-26-53-25-24-52-23-22-51-21-20-47-44(48)18-19-45(47)49/h18-19H,2-17,20-43H2,1H3. The quantitative estimate of drug-likeness (QED) is 0.0403. The summed E-state index contributed by atoms with van der Waals surface area (Å²) in [5.41, 5.74) is 0. The Balaban J connectivity index is 1.63. The van der Waals surface area contributed by atoms with Crippen molar-refractivity contribution in [1.29, 1.82) is 0 Å². The maximum Gasteiger partial charge on any atom is 0.305 e. The highest BCUT2D eigenvalue weighted by molar-refractivity contribution is 6.12. The van der Waals surface area contributed by atoms with Crippen LogP contribution in [0.25, 0.3) is 0 Å². The number of carbonyl (C=O) groups is 3. The number of amides is 2. The van der Waals surface area contributed by atoms with Crippen LogP contribution >= 0.6 is 0 Å². The summed E-state index contributed by atoms with van der Waals surface area (Å²) in [4.78, 5) is 35.9. The minimum absolute atomic E-state index is 0.137. The first-order chi connectivity index (χ1) is 30.6. The highest BCUT2D eigenvalue weighted by Gasteiger charge is 2.22. The number of carbonyl (C=O) groups excluding carboxylic acids is 3. The number of ether oxygens (including phenoxy) is 12. The molecule has 16 nitrogen and oxygen atoms in total. The maximum absolute atomic E-state index is 11.9. The molecule has 0 unspecified atom stereocenters. The first-order valence-corrected chi connectivity index (χ1v) is 23.7. The summed E-state index contributed by atoms with van der Waals surface area (Å²) >= 11 is 0. The van der Waals surface area contributed by atoms with Gasteiger partial charge in [0.05, 0.1) is 152 Å². The van der Waals surface area contributed by atoms with Crippen molar-refractivity contribution >= 4 is 17.8 Å². The summed E-state index contributed by atoms with van der Waals surface area (Å²) in [6.45, 7) is 12.7. The van der Waals surface area contributed by atoms with Gasteiger partial charge in [-0.15, -0.1) is 0 Å². The SMILES string of the molecule is CCCCCCCCCCCCCCCCCC(=O)OCCOCCOCCOCCOCCOCCOCCOCCOCCOCCOCCOCCN1C(=O)C=CC1=O. The summed E-state index contributed by atoms with van der Waals surface area (Å²) in [6.07, 6.45) is 22.7. The molecule has 0 atom stereocenters. The highest BCUT2D eigenvalue weighted by atomic mass is 16.6. The highest BCUT2D eigenvalue weighted by Crippen LogP contribution is 2.14. The van der Waals surface area contributed by atoms with E-state index in [0.29, 0.717) is 145 Å². The van der Waals surface area contributed by atoms with E-state index in [1.54, 1.807) is 0 Å². The monoisotopic (exact) mass is 892 g/mol. The predicted octanol–water partition coefficient (Wildman–Crippen LogP) is 5.90. The second-order valence-electron chi connectivity index (χ2n) is 14.8. The molecule has 0 saturated carbocycles. The van der Waals surface area contributed by atoms with E-state index in [9.17, 15) is 14.4 Å². The molecule has 1 aliphatic rings. The van der Waals surface area contributed by atoms with Gasteiger partial charge < -0.3 is 56.8 Å². The molecule has 0 aromatic carbocycles. The Labute approximate surface area is 373 Å². The van der Waals surface area contributed by atoms with Crippen LogP contribution < -0.4 is 0 Å². The van der Waals surface area contributed by atoms with Crippen molar-refractivity contribution in [2.75, 3.05) is 159 Å². The lowest BCUT2D eigenvalue weighted by molar-refractivity contribution is -0.145. The third-order valence-corrected chi connectivity index (χ3v) is 9.56. The minimum atomic E-state index is -0.308. The average molecular weight is 892 g/mol. The molecule has 0 N–H and O–H groups in total. The molecule has 0 aromatic heterocycles. The van der Waals surface area contributed by atoms with Gasteiger partial charge in [-0.05, 0) is 6.42 Å². The van der Waals surface area contributed by atoms with Crippen molar-refractivity contribution in [2.24, 2.45) is 0 Å². The van der Waals surface area contributed by atoms with E-state index in [0.717, 1.165) is 17.7 Å². The number of rotatable bonds is 52. The Hall–Kier alpha value is -2.09. The molecule has 0 saturated heterocycles. The Kier molecular flexibility index (Phi) is 45.2. The zero-order valence-electron chi connectivity index (χ0n) is 38.5. The average Bonchev–Trinajstić information content (AvgIpc) is 3.60. The Morgan fingerprint density at radius 3 is 0.887 bits per heavy atom. The van der Waals surface area contributed by atoms with Gasteiger partial charge in [-0.1, -0.05) is 96.8 Å². The van der Waals surface area contributed by atoms with Crippen LogP contribution in [0, 0.1) is 0 Å². The molecular formula is C46H85NO15. The number of hydrogen-bond donors (Lipinski definition) is 0. The molecule has 1 aliphatic heterocycles. The van der Waals surface area contributed by atoms with Gasteiger partial charge in [0.25, 0.3) is 11.8 Å². The molecule has 0 aromatic rings. The lowest BCUT2D eigenvalue weighted by Crippen LogP contribution is -2.33. The smallest absolute Gasteiger partial charge is 0.305 e. The van der Waals surface area contributed by atoms with E-state index in [1.165, 1.54) is 95.6 Å². The third kappa shape index (κ3) is 41.9. The zero-order valence-corrected chi connectivity index (χ0v) is 38.5. The van der Waals surface area contributed by atoms with Crippen LogP contribution in [-0.2, 0) is 71.2 Å². The van der Waals surface area contributed by atoms with E-state index in [2.05, 4.69) is 6.92 Å². The van der Waals surface area contributed by atoms with Gasteiger partial charge in [0.2, 0.25) is 0 Å². The van der Waals surface area contributed by atoms with Gasteiger partial charge in [-0.3, -0.25) is 19.3 Å². The normalized spacial score (nSPS) is 12.7. The number of hydrogen-bond acceptors (Lipinski definition) is 15. The Morgan fingerprint density at radius 1 is 0.355 bits per heavy atom. The van der Waals surface area contributed by atoms with Crippen LogP contribution in [0.15, 0.2) is 12.2 Å². The molecule has 0 fully saturated rings. The van der Waals surface area contributed by atoms with Crippen LogP contribution in [0.1, 0.15) is 110 Å². The van der Waals surface area contributed by atoms with E-state index >= 15 is 0 Å². The number of imide groups is 1. The zero-order chi connectivity index (χ0) is 44.5. The van der Waals surface area contributed by atoms with Gasteiger partial charge in [-0.2, -0.15) is 0 Å². The number of esters is 1. The molecule has 0 spiro atoms. The summed E-state index contributed by atoms with van der Waals surface area (Å²) in [6, 6.07) is 0. The van der Waals surface area contributed by atoms with Crippen LogP contribution in [0.3, 0.4) is 0 Å². The largest absolute Gasteiger partial charge is 0.463 e. The van der Waals surface area contributed by atoms with Crippen LogP contribution in [-0.4, -0.2) is 181 Å². The number of nitrogens with zero attached hydrogens (tertiary/aromatic N) is 1. The van der Waals surface area contributed by atoms with E-state index < -0.39 is 0 Å². The minimum Gasteiger partial charge on any atom is -0.463 e. The molecule has 62 heavy (non-hydrogen) atoms. The van der Waals surface area contributed by atoms with Crippen LogP contribution in [0.4, 0.5) is 0 Å². The van der Waals surface area contributed by atoms with Crippen LogP contribution in [0.5, 0.6) is 0 Å². The van der Waals surface area contributed by atoms with Crippen molar-refractivity contribution in [2.45, 2.75) is 110 Å². The van der Waals surface area contributed by atoms with Crippen molar-refractivity contribution in [3.63, 3.8) is 0 Å². The second-order valence-corrected chi connectivity index (χ2v) is 14.8. The Morgan fingerprint density at radius 2 is 0.597 bits per heavy atom. The van der Waals surface area contributed by atoms with Gasteiger partial charge in [0.1, 0.15) is 6.61 Å². The molecule has 364 valence electrons. The summed E-state index contributed by atoms with van der Waals surface area (Å²) in [5, 5.41) is 0. The molecule has 1 heterocycles. The molecule has 0 bridgehead atoms. The molecule has 16 heteroatoms. The molecule has 1 rings (SSSR count). The predicted molar refractivity (Wildman–Crippen MR) is 235 cm³/mol. The fourth-order valence-corrected chi connectivity index (χ4v) is 6.04. The van der Waals surface area contributed by atoms with Gasteiger partial charge in [0.15, 0.2) is 0 Å². The fourth-order valence-electron chi connectivity index (χ4n) is 6.04. The lowest BCUT2D eigenvalue weighted by Gasteiger charge is -2.13. The summed E-state index contributed by atoms with van der Waals surface area (Å²) in [7, 11) is 0. The fraction of sp³-hybridized carbons (Fsp3) is 0.891. The second kappa shape index (κ2) is 48.4. The Bertz CT molecular complexity index is 1000. The van der Waals surface area contributed by atoms with Crippen molar-refractivity contribution in [3.8, 4) is 0 Å². The topological polar surface area (TPSA) is 165 Å². The third-order valence-electron chi connectivity index (χ3n) is 9.56. The molecule has 0 aliphatic carbocycles. The van der Waals surface area contributed by atoms with E-state index in [4.69, 9.17) is 56.8 Å². The molecular weight excluding hydrogens is 806 g/mol. The summed E-state index contributed by atoms with van der Waals surface area (Å²) in [5.74, 6) is -0.753. The summed E-state index contributed by atoms with van der Waals surface area (Å²) < 4.78 is 65.5. The first kappa shape index (κ1) is 57.9. The number of unbranched alkanes of at least 4 members (excludes halogenated alkanes) is 14. The molecule has 2 amide bonds. The van der Waals surface area contributed by atoms with Crippen molar-refractivity contribution in [1.82, 2.24) is 4.90 Å². The van der Waals surface area contributed by atoms with Gasteiger partial charge in [-0.25, -0.2) is 0 Å². The molecule has 0 radical (unpaired) electrons. The van der Waals surface area contributed by atoms with Gasteiger partial charge >= 0.3 is 5.97 Å². The van der Waals surface area contributed by atoms with Crippen LogP contribution in [0.2, 0.25) is 0 Å². The van der Waals surface area contributed by atoms with Crippen molar-refractivity contribution in [3.05, 3.63) is 12.2 Å². The van der Waals surface area contributed by atoms with E-state index in [-0.39, 0.29) is 37.5 Å². The van der Waals surface area contributed by atoms with E-state index in [1.807, 2.05) is 0 Å².